The standard InChI is InChI=1S/C19H23N3O3/c1-11(2)25-19-14(16-7-12(3)22(4)21-16)8-13-9-17(23-5)18(24-6)10-15(13)20-19/h7-11H,1-6H3. The van der Waals surface area contributed by atoms with Crippen molar-refractivity contribution in [2.75, 3.05) is 14.2 Å². The molecule has 0 amide bonds. The Balaban J connectivity index is 2.25. The van der Waals surface area contributed by atoms with E-state index in [0.29, 0.717) is 17.4 Å². The van der Waals surface area contributed by atoms with Gasteiger partial charge in [-0.2, -0.15) is 5.10 Å². The molecule has 0 saturated heterocycles. The zero-order valence-corrected chi connectivity index (χ0v) is 15.5. The van der Waals surface area contributed by atoms with Gasteiger partial charge in [-0.25, -0.2) is 4.98 Å². The van der Waals surface area contributed by atoms with Gasteiger partial charge in [0, 0.05) is 24.2 Å². The molecule has 2 heterocycles. The molecule has 2 aromatic heterocycles. The summed E-state index contributed by atoms with van der Waals surface area (Å²) in [7, 11) is 5.15. The van der Waals surface area contributed by atoms with Gasteiger partial charge in [0.2, 0.25) is 5.88 Å². The third kappa shape index (κ3) is 3.24. The molecule has 0 aliphatic rings. The first-order chi connectivity index (χ1) is 11.9. The number of hydrogen-bond acceptors (Lipinski definition) is 5. The Labute approximate surface area is 147 Å². The molecule has 0 radical (unpaired) electrons. The van der Waals surface area contributed by atoms with Crippen molar-refractivity contribution in [3.05, 3.63) is 30.0 Å². The summed E-state index contributed by atoms with van der Waals surface area (Å²) in [5, 5.41) is 5.51. The second-order valence-corrected chi connectivity index (χ2v) is 6.20. The molecule has 0 aliphatic carbocycles. The maximum Gasteiger partial charge on any atom is 0.223 e. The van der Waals surface area contributed by atoms with Crippen LogP contribution in [0.4, 0.5) is 0 Å². The Bertz CT molecular complexity index is 896. The fourth-order valence-electron chi connectivity index (χ4n) is 2.67. The molecule has 3 aromatic rings. The molecular weight excluding hydrogens is 318 g/mol. The summed E-state index contributed by atoms with van der Waals surface area (Å²) in [6.45, 7) is 5.98. The van der Waals surface area contributed by atoms with Gasteiger partial charge in [0.1, 0.15) is 0 Å². The molecule has 0 fully saturated rings. The Morgan fingerprint density at radius 1 is 1.00 bits per heavy atom. The van der Waals surface area contributed by atoms with Crippen LogP contribution in [0.2, 0.25) is 0 Å². The van der Waals surface area contributed by atoms with Crippen molar-refractivity contribution in [2.45, 2.75) is 26.9 Å². The van der Waals surface area contributed by atoms with Gasteiger partial charge in [-0.1, -0.05) is 0 Å². The van der Waals surface area contributed by atoms with E-state index >= 15 is 0 Å². The minimum atomic E-state index is 0.00801. The van der Waals surface area contributed by atoms with E-state index in [4.69, 9.17) is 19.2 Å². The highest BCUT2D eigenvalue weighted by atomic mass is 16.5. The second-order valence-electron chi connectivity index (χ2n) is 6.20. The Morgan fingerprint density at radius 2 is 1.68 bits per heavy atom. The first-order valence-corrected chi connectivity index (χ1v) is 8.17. The van der Waals surface area contributed by atoms with Crippen molar-refractivity contribution in [2.24, 2.45) is 7.05 Å². The van der Waals surface area contributed by atoms with Crippen molar-refractivity contribution in [1.82, 2.24) is 14.8 Å². The van der Waals surface area contributed by atoms with Crippen LogP contribution in [0.25, 0.3) is 22.2 Å². The lowest BCUT2D eigenvalue weighted by molar-refractivity contribution is 0.234. The lowest BCUT2D eigenvalue weighted by Gasteiger charge is -2.15. The molecule has 1 aromatic carbocycles. The second kappa shape index (κ2) is 6.63. The van der Waals surface area contributed by atoms with Crippen LogP contribution < -0.4 is 14.2 Å². The number of pyridine rings is 1. The molecule has 0 bridgehead atoms. The van der Waals surface area contributed by atoms with Crippen molar-refractivity contribution in [1.29, 1.82) is 0 Å². The molecule has 25 heavy (non-hydrogen) atoms. The highest BCUT2D eigenvalue weighted by molar-refractivity contribution is 5.88. The Kier molecular flexibility index (Phi) is 4.53. The maximum atomic E-state index is 5.95. The third-order valence-electron chi connectivity index (χ3n) is 4.02. The molecule has 0 spiro atoms. The van der Waals surface area contributed by atoms with Crippen LogP contribution in [0.3, 0.4) is 0 Å². The first kappa shape index (κ1) is 17.1. The smallest absolute Gasteiger partial charge is 0.223 e. The third-order valence-corrected chi connectivity index (χ3v) is 4.02. The number of nitrogens with zero attached hydrogens (tertiary/aromatic N) is 3. The summed E-state index contributed by atoms with van der Waals surface area (Å²) in [5.74, 6) is 1.87. The summed E-state index contributed by atoms with van der Waals surface area (Å²) in [6.07, 6.45) is 0.00801. The van der Waals surface area contributed by atoms with Gasteiger partial charge < -0.3 is 14.2 Å². The lowest BCUT2D eigenvalue weighted by Crippen LogP contribution is -2.08. The van der Waals surface area contributed by atoms with Gasteiger partial charge in [0.05, 0.1) is 37.1 Å². The normalized spacial score (nSPS) is 11.2. The average molecular weight is 341 g/mol. The van der Waals surface area contributed by atoms with Crippen molar-refractivity contribution >= 4 is 10.9 Å². The monoisotopic (exact) mass is 341 g/mol. The van der Waals surface area contributed by atoms with Crippen LogP contribution in [0.5, 0.6) is 17.4 Å². The van der Waals surface area contributed by atoms with E-state index in [-0.39, 0.29) is 6.10 Å². The van der Waals surface area contributed by atoms with Crippen molar-refractivity contribution in [3.8, 4) is 28.6 Å². The van der Waals surface area contributed by atoms with Gasteiger partial charge in [-0.05, 0) is 39.0 Å². The highest BCUT2D eigenvalue weighted by Gasteiger charge is 2.17. The molecule has 0 saturated carbocycles. The number of hydrogen-bond donors (Lipinski definition) is 0. The zero-order valence-electron chi connectivity index (χ0n) is 15.5. The van der Waals surface area contributed by atoms with Crippen LogP contribution in [-0.4, -0.2) is 35.1 Å². The predicted molar refractivity (Wildman–Crippen MR) is 97.6 cm³/mol. The summed E-state index contributed by atoms with van der Waals surface area (Å²) in [6, 6.07) is 7.83. The predicted octanol–water partition coefficient (Wildman–Crippen LogP) is 3.75. The number of aromatic nitrogens is 3. The minimum Gasteiger partial charge on any atom is -0.493 e. The van der Waals surface area contributed by atoms with Crippen LogP contribution in [0.15, 0.2) is 24.3 Å². The fraction of sp³-hybridized carbons (Fsp3) is 0.368. The van der Waals surface area contributed by atoms with Gasteiger partial charge in [-0.3, -0.25) is 4.68 Å². The molecular formula is C19H23N3O3. The number of fused-ring (bicyclic) bond motifs is 1. The molecule has 0 atom stereocenters. The topological polar surface area (TPSA) is 58.4 Å². The van der Waals surface area contributed by atoms with Crippen LogP contribution in [-0.2, 0) is 7.05 Å². The summed E-state index contributed by atoms with van der Waals surface area (Å²) in [4.78, 5) is 4.71. The molecule has 0 N–H and O–H groups in total. The van der Waals surface area contributed by atoms with E-state index in [1.807, 2.05) is 56.8 Å². The highest BCUT2D eigenvalue weighted by Crippen LogP contribution is 2.37. The summed E-state index contributed by atoms with van der Waals surface area (Å²) >= 11 is 0. The van der Waals surface area contributed by atoms with E-state index in [1.54, 1.807) is 14.2 Å². The summed E-state index contributed by atoms with van der Waals surface area (Å²) in [5.41, 5.74) is 3.54. The number of rotatable bonds is 5. The van der Waals surface area contributed by atoms with E-state index in [0.717, 1.165) is 27.9 Å². The largest absolute Gasteiger partial charge is 0.493 e. The number of ether oxygens (including phenoxy) is 3. The lowest BCUT2D eigenvalue weighted by atomic mass is 10.1. The number of methoxy groups -OCH3 is 2. The Hall–Kier alpha value is -2.76. The minimum absolute atomic E-state index is 0.00801. The summed E-state index contributed by atoms with van der Waals surface area (Å²) < 4.78 is 18.6. The van der Waals surface area contributed by atoms with Crippen molar-refractivity contribution in [3.63, 3.8) is 0 Å². The fourth-order valence-corrected chi connectivity index (χ4v) is 2.67. The maximum absolute atomic E-state index is 5.95. The van der Waals surface area contributed by atoms with Gasteiger partial charge in [0.25, 0.3) is 0 Å². The van der Waals surface area contributed by atoms with Gasteiger partial charge >= 0.3 is 0 Å². The molecule has 6 heteroatoms. The number of aryl methyl sites for hydroxylation is 2. The van der Waals surface area contributed by atoms with E-state index in [1.165, 1.54) is 0 Å². The van der Waals surface area contributed by atoms with Gasteiger partial charge in [0.15, 0.2) is 11.5 Å². The van der Waals surface area contributed by atoms with Crippen LogP contribution in [0, 0.1) is 6.92 Å². The van der Waals surface area contributed by atoms with Gasteiger partial charge in [-0.15, -0.1) is 0 Å². The molecule has 0 aliphatic heterocycles. The molecule has 6 nitrogen and oxygen atoms in total. The quantitative estimate of drug-likeness (QED) is 0.707. The molecule has 132 valence electrons. The van der Waals surface area contributed by atoms with Crippen molar-refractivity contribution < 1.29 is 14.2 Å². The van der Waals surface area contributed by atoms with E-state index in [2.05, 4.69) is 5.10 Å². The Morgan fingerprint density at radius 3 is 2.24 bits per heavy atom. The zero-order chi connectivity index (χ0) is 18.1. The molecule has 3 rings (SSSR count). The number of benzene rings is 1. The van der Waals surface area contributed by atoms with E-state index < -0.39 is 0 Å². The van der Waals surface area contributed by atoms with Crippen LogP contribution in [0.1, 0.15) is 19.5 Å². The van der Waals surface area contributed by atoms with Crippen LogP contribution >= 0.6 is 0 Å². The van der Waals surface area contributed by atoms with E-state index in [9.17, 15) is 0 Å². The first-order valence-electron chi connectivity index (χ1n) is 8.17. The molecule has 0 unspecified atom stereocenters. The average Bonchev–Trinajstić information content (AvgIpc) is 2.91. The SMILES string of the molecule is COc1cc2cc(-c3cc(C)n(C)n3)c(OC(C)C)nc2cc1OC.